The van der Waals surface area contributed by atoms with Gasteiger partial charge >= 0.3 is 0 Å². The molecule has 0 aromatic carbocycles. The van der Waals surface area contributed by atoms with E-state index in [9.17, 15) is 0 Å². The van der Waals surface area contributed by atoms with Gasteiger partial charge in [-0.1, -0.05) is 11.6 Å². The maximum atomic E-state index is 8.74. The van der Waals surface area contributed by atoms with Crippen LogP contribution in [0.4, 0.5) is 0 Å². The molecule has 2 aromatic rings. The van der Waals surface area contributed by atoms with Gasteiger partial charge in [0.15, 0.2) is 0 Å². The predicted octanol–water partition coefficient (Wildman–Crippen LogP) is 2.46. The van der Waals surface area contributed by atoms with E-state index in [0.29, 0.717) is 16.1 Å². The number of aromatic nitrogens is 2. The Hall–Kier alpha value is -1.66. The van der Waals surface area contributed by atoms with Gasteiger partial charge in [0.25, 0.3) is 0 Å². The molecule has 0 fully saturated rings. The van der Waals surface area contributed by atoms with Gasteiger partial charge in [-0.05, 0) is 18.6 Å². The van der Waals surface area contributed by atoms with Gasteiger partial charge in [-0.15, -0.1) is 0 Å². The zero-order valence-electron chi connectivity index (χ0n) is 7.45. The van der Waals surface area contributed by atoms with Gasteiger partial charge in [0.05, 0.1) is 16.1 Å². The third-order valence-corrected chi connectivity index (χ3v) is 2.40. The first kappa shape index (κ1) is 8.92. The predicted molar refractivity (Wildman–Crippen MR) is 54.0 cm³/mol. The highest BCUT2D eigenvalue weighted by Crippen LogP contribution is 2.24. The van der Waals surface area contributed by atoms with Gasteiger partial charge < -0.3 is 0 Å². The number of rotatable bonds is 0. The van der Waals surface area contributed by atoms with Crippen molar-refractivity contribution < 1.29 is 0 Å². The summed E-state index contributed by atoms with van der Waals surface area (Å²) in [5, 5.41) is 9.12. The third kappa shape index (κ3) is 1.21. The summed E-state index contributed by atoms with van der Waals surface area (Å²) in [4.78, 5) is 8.25. The molecule has 0 spiro atoms. The van der Waals surface area contributed by atoms with E-state index < -0.39 is 0 Å². The fourth-order valence-corrected chi connectivity index (χ4v) is 1.49. The van der Waals surface area contributed by atoms with E-state index in [2.05, 4.69) is 9.97 Å². The summed E-state index contributed by atoms with van der Waals surface area (Å²) in [6, 6.07) is 3.83. The molecule has 0 amide bonds. The van der Waals surface area contributed by atoms with Crippen LogP contribution in [0.5, 0.6) is 0 Å². The number of hydrogen-bond acceptors (Lipinski definition) is 3. The number of nitriles is 1. The lowest BCUT2D eigenvalue weighted by Gasteiger charge is -2.02. The average molecular weight is 204 g/mol. The molecule has 2 aromatic heterocycles. The van der Waals surface area contributed by atoms with Crippen molar-refractivity contribution >= 4 is 22.6 Å². The number of hydrogen-bond donors (Lipinski definition) is 0. The van der Waals surface area contributed by atoms with Crippen LogP contribution in [0.3, 0.4) is 0 Å². The molecular weight excluding hydrogens is 198 g/mol. The molecule has 14 heavy (non-hydrogen) atoms. The lowest BCUT2D eigenvalue weighted by Crippen LogP contribution is -1.90. The largest absolute Gasteiger partial charge is 0.253 e. The van der Waals surface area contributed by atoms with Crippen LogP contribution in [0.25, 0.3) is 11.0 Å². The van der Waals surface area contributed by atoms with Crippen LogP contribution in [0.1, 0.15) is 11.1 Å². The monoisotopic (exact) mass is 203 g/mol. The zero-order valence-corrected chi connectivity index (χ0v) is 8.21. The quantitative estimate of drug-likeness (QED) is 0.661. The summed E-state index contributed by atoms with van der Waals surface area (Å²) in [5.41, 5.74) is 2.70. The SMILES string of the molecule is Cc1ccnc2c(Cl)c(C#N)cnc12. The second-order valence-corrected chi connectivity index (χ2v) is 3.30. The number of aryl methyl sites for hydroxylation is 1. The van der Waals surface area contributed by atoms with Crippen molar-refractivity contribution in [2.24, 2.45) is 0 Å². The van der Waals surface area contributed by atoms with Crippen molar-refractivity contribution in [3.63, 3.8) is 0 Å². The Balaban J connectivity index is 2.92. The van der Waals surface area contributed by atoms with E-state index in [4.69, 9.17) is 16.9 Å². The average Bonchev–Trinajstić information content (AvgIpc) is 2.20. The summed E-state index contributed by atoms with van der Waals surface area (Å²) in [6.45, 7) is 1.93. The molecule has 2 rings (SSSR count). The molecule has 2 heterocycles. The molecular formula is C10H6ClN3. The molecule has 0 atom stereocenters. The normalized spacial score (nSPS) is 10.1. The Morgan fingerprint density at radius 3 is 2.86 bits per heavy atom. The number of halogens is 1. The summed E-state index contributed by atoms with van der Waals surface area (Å²) in [5.74, 6) is 0. The minimum atomic E-state index is 0.359. The lowest BCUT2D eigenvalue weighted by atomic mass is 10.2. The Morgan fingerprint density at radius 2 is 2.14 bits per heavy atom. The van der Waals surface area contributed by atoms with E-state index >= 15 is 0 Å². The van der Waals surface area contributed by atoms with Crippen molar-refractivity contribution in [2.75, 3.05) is 0 Å². The first-order valence-corrected chi connectivity index (χ1v) is 4.41. The fraction of sp³-hybridized carbons (Fsp3) is 0.100. The highest BCUT2D eigenvalue weighted by Gasteiger charge is 2.08. The first-order chi connectivity index (χ1) is 6.74. The lowest BCUT2D eigenvalue weighted by molar-refractivity contribution is 1.28. The number of fused-ring (bicyclic) bond motifs is 1. The van der Waals surface area contributed by atoms with Gasteiger partial charge in [-0.2, -0.15) is 5.26 Å². The minimum absolute atomic E-state index is 0.359. The van der Waals surface area contributed by atoms with Crippen molar-refractivity contribution in [2.45, 2.75) is 6.92 Å². The van der Waals surface area contributed by atoms with Crippen LogP contribution < -0.4 is 0 Å². The molecule has 68 valence electrons. The molecule has 0 aliphatic rings. The van der Waals surface area contributed by atoms with Crippen molar-refractivity contribution in [3.05, 3.63) is 34.6 Å². The summed E-state index contributed by atoms with van der Waals surface area (Å²) in [7, 11) is 0. The summed E-state index contributed by atoms with van der Waals surface area (Å²) in [6.07, 6.45) is 3.13. The smallest absolute Gasteiger partial charge is 0.109 e. The van der Waals surface area contributed by atoms with Crippen LogP contribution in [-0.4, -0.2) is 9.97 Å². The molecule has 0 aliphatic carbocycles. The van der Waals surface area contributed by atoms with Crippen molar-refractivity contribution in [1.82, 2.24) is 9.97 Å². The minimum Gasteiger partial charge on any atom is -0.253 e. The maximum absolute atomic E-state index is 8.74. The molecule has 0 radical (unpaired) electrons. The standard InChI is InChI=1S/C10H6ClN3/c1-6-2-3-13-10-8(11)7(4-12)5-14-9(6)10/h2-3,5H,1H3. The Morgan fingerprint density at radius 1 is 1.36 bits per heavy atom. The first-order valence-electron chi connectivity index (χ1n) is 4.04. The molecule has 3 nitrogen and oxygen atoms in total. The second-order valence-electron chi connectivity index (χ2n) is 2.92. The van der Waals surface area contributed by atoms with Crippen LogP contribution in [-0.2, 0) is 0 Å². The highest BCUT2D eigenvalue weighted by atomic mass is 35.5. The highest BCUT2D eigenvalue weighted by molar-refractivity contribution is 6.36. The molecule has 0 N–H and O–H groups in total. The number of nitrogens with zero attached hydrogens (tertiary/aromatic N) is 3. The zero-order chi connectivity index (χ0) is 10.1. The van der Waals surface area contributed by atoms with Crippen LogP contribution >= 0.6 is 11.6 Å². The van der Waals surface area contributed by atoms with E-state index in [1.54, 1.807) is 6.20 Å². The van der Waals surface area contributed by atoms with Gasteiger partial charge in [0.1, 0.15) is 11.6 Å². The fourth-order valence-electron chi connectivity index (χ4n) is 1.27. The summed E-state index contributed by atoms with van der Waals surface area (Å²) < 4.78 is 0. The van der Waals surface area contributed by atoms with Crippen molar-refractivity contribution in [3.8, 4) is 6.07 Å². The van der Waals surface area contributed by atoms with Gasteiger partial charge in [-0.25, -0.2) is 0 Å². The van der Waals surface area contributed by atoms with Crippen LogP contribution in [0.2, 0.25) is 5.02 Å². The second kappa shape index (κ2) is 3.24. The van der Waals surface area contributed by atoms with Gasteiger partial charge in [0, 0.05) is 12.4 Å². The van der Waals surface area contributed by atoms with Gasteiger partial charge in [0.2, 0.25) is 0 Å². The van der Waals surface area contributed by atoms with Crippen molar-refractivity contribution in [1.29, 1.82) is 5.26 Å². The molecule has 0 saturated heterocycles. The Labute approximate surface area is 86.0 Å². The molecule has 0 aliphatic heterocycles. The van der Waals surface area contributed by atoms with Gasteiger partial charge in [-0.3, -0.25) is 9.97 Å². The Bertz CT molecular complexity index is 543. The maximum Gasteiger partial charge on any atom is 0.109 e. The topological polar surface area (TPSA) is 49.6 Å². The molecule has 0 saturated carbocycles. The molecule has 4 heteroatoms. The third-order valence-electron chi connectivity index (χ3n) is 2.01. The van der Waals surface area contributed by atoms with E-state index in [1.165, 1.54) is 6.20 Å². The Kier molecular flexibility index (Phi) is 2.06. The van der Waals surface area contributed by atoms with Crippen LogP contribution in [0.15, 0.2) is 18.5 Å². The molecule has 0 bridgehead atoms. The van der Waals surface area contributed by atoms with E-state index in [-0.39, 0.29) is 0 Å². The van der Waals surface area contributed by atoms with E-state index in [0.717, 1.165) is 11.1 Å². The van der Waals surface area contributed by atoms with E-state index in [1.807, 2.05) is 19.1 Å². The number of pyridine rings is 2. The van der Waals surface area contributed by atoms with Crippen LogP contribution in [0, 0.1) is 18.3 Å². The summed E-state index contributed by atoms with van der Waals surface area (Å²) >= 11 is 5.99. The molecule has 0 unspecified atom stereocenters.